The summed E-state index contributed by atoms with van der Waals surface area (Å²) < 4.78 is 52.8. The number of sulfonamides is 1. The number of carboxylic acids is 1. The molecule has 10 nitrogen and oxygen atoms in total. The van der Waals surface area contributed by atoms with Gasteiger partial charge in [0, 0.05) is 21.4 Å². The fraction of sp³-hybridized carbons (Fsp3) is 0.281. The van der Waals surface area contributed by atoms with E-state index in [1.807, 2.05) is 18.2 Å². The molecule has 0 heterocycles. The summed E-state index contributed by atoms with van der Waals surface area (Å²) in [6.45, 7) is 5.48. The fourth-order valence-corrected chi connectivity index (χ4v) is 7.41. The molecule has 44 heavy (non-hydrogen) atoms. The number of anilines is 2. The summed E-state index contributed by atoms with van der Waals surface area (Å²) in [5, 5.41) is 11.3. The Morgan fingerprint density at radius 2 is 1.36 bits per heavy atom. The number of aliphatic carboxylic acids is 1. The van der Waals surface area contributed by atoms with Crippen LogP contribution in [0.3, 0.4) is 0 Å². The van der Waals surface area contributed by atoms with E-state index in [9.17, 15) is 18.3 Å². The van der Waals surface area contributed by atoms with Crippen molar-refractivity contribution < 1.29 is 37.3 Å². The van der Waals surface area contributed by atoms with E-state index in [1.165, 1.54) is 49.7 Å². The second-order valence-electron chi connectivity index (χ2n) is 9.94. The largest absolute Gasteiger partial charge is 0.493 e. The fourth-order valence-electron chi connectivity index (χ4n) is 4.87. The van der Waals surface area contributed by atoms with Gasteiger partial charge in [0.2, 0.25) is 0 Å². The van der Waals surface area contributed by atoms with Gasteiger partial charge in [-0.15, -0.1) is 0 Å². The van der Waals surface area contributed by atoms with Crippen LogP contribution in [-0.2, 0) is 14.8 Å². The minimum atomic E-state index is -4.09. The van der Waals surface area contributed by atoms with Crippen LogP contribution in [0.2, 0.25) is 0 Å². The molecule has 234 valence electrons. The molecule has 0 aliphatic heterocycles. The van der Waals surface area contributed by atoms with Crippen LogP contribution in [-0.4, -0.2) is 61.0 Å². The lowest BCUT2D eigenvalue weighted by Gasteiger charge is -2.28. The van der Waals surface area contributed by atoms with Gasteiger partial charge >= 0.3 is 5.97 Å². The quantitative estimate of drug-likeness (QED) is 0.200. The molecular weight excluding hydrogens is 604 g/mol. The molecule has 0 saturated carbocycles. The second kappa shape index (κ2) is 14.0. The third kappa shape index (κ3) is 6.92. The number of rotatable bonds is 14. The summed E-state index contributed by atoms with van der Waals surface area (Å²) in [6.07, 6.45) is 5.42. The first-order chi connectivity index (χ1) is 21.0. The number of hydrogen-bond donors (Lipinski definition) is 1. The van der Waals surface area contributed by atoms with E-state index >= 15 is 0 Å². The molecule has 3 aromatic carbocycles. The van der Waals surface area contributed by atoms with Gasteiger partial charge < -0.3 is 28.4 Å². The van der Waals surface area contributed by atoms with E-state index in [4.69, 9.17) is 18.9 Å². The van der Waals surface area contributed by atoms with Gasteiger partial charge in [-0.3, -0.25) is 9.10 Å². The van der Waals surface area contributed by atoms with Crippen molar-refractivity contribution in [1.29, 1.82) is 0 Å². The molecule has 12 heteroatoms. The lowest BCUT2D eigenvalue weighted by atomic mass is 10.0. The zero-order valence-corrected chi connectivity index (χ0v) is 27.0. The molecule has 0 atom stereocenters. The molecule has 1 aliphatic carbocycles. The molecule has 1 aliphatic rings. The molecule has 0 radical (unpaired) electrons. The van der Waals surface area contributed by atoms with Crippen molar-refractivity contribution in [2.75, 3.05) is 50.1 Å². The van der Waals surface area contributed by atoms with Crippen LogP contribution in [0.4, 0.5) is 11.4 Å². The topological polar surface area (TPSA) is 115 Å². The molecule has 1 N–H and O–H groups in total. The summed E-state index contributed by atoms with van der Waals surface area (Å²) in [6, 6.07) is 13.3. The van der Waals surface area contributed by atoms with Gasteiger partial charge in [-0.25, -0.2) is 8.42 Å². The van der Waals surface area contributed by atoms with Crippen LogP contribution in [0.1, 0.15) is 19.8 Å². The average Bonchev–Trinajstić information content (AvgIpc) is 3.02. The molecular formula is C32H36N2O8S2. The number of ether oxygens (including phenoxy) is 4. The number of methoxy groups -OCH3 is 4. The molecule has 3 aromatic rings. The number of fused-ring (bicyclic) bond motifs is 1. The highest BCUT2D eigenvalue weighted by Crippen LogP contribution is 2.36. The number of carbonyl (C=O) groups is 1. The Hall–Kier alpha value is -4.29. The van der Waals surface area contributed by atoms with Crippen LogP contribution in [0, 0.1) is 0 Å². The van der Waals surface area contributed by atoms with Crippen LogP contribution in [0.5, 0.6) is 23.0 Å². The smallest absolute Gasteiger partial charge is 0.324 e. The van der Waals surface area contributed by atoms with E-state index < -0.39 is 16.0 Å². The first-order valence-electron chi connectivity index (χ1n) is 13.7. The predicted molar refractivity (Wildman–Crippen MR) is 173 cm³/mol. The minimum Gasteiger partial charge on any atom is -0.493 e. The van der Waals surface area contributed by atoms with Crippen molar-refractivity contribution in [2.24, 2.45) is 0 Å². The second-order valence-corrected chi connectivity index (χ2v) is 12.9. The Morgan fingerprint density at radius 3 is 1.93 bits per heavy atom. The van der Waals surface area contributed by atoms with Crippen molar-refractivity contribution in [3.8, 4) is 23.0 Å². The van der Waals surface area contributed by atoms with Crippen LogP contribution in [0.25, 0.3) is 12.2 Å². The Labute approximate surface area is 262 Å². The minimum absolute atomic E-state index is 0.0329. The van der Waals surface area contributed by atoms with Gasteiger partial charge in [0.15, 0.2) is 23.0 Å². The first kappa shape index (κ1) is 32.6. The van der Waals surface area contributed by atoms with Gasteiger partial charge in [-0.1, -0.05) is 24.3 Å². The molecule has 0 bridgehead atoms. The maximum Gasteiger partial charge on any atom is 0.324 e. The Kier molecular flexibility index (Phi) is 10.4. The molecule has 0 unspecified atom stereocenters. The molecule has 0 amide bonds. The highest BCUT2D eigenvalue weighted by Gasteiger charge is 2.28. The first-order valence-corrected chi connectivity index (χ1v) is 15.9. The highest BCUT2D eigenvalue weighted by molar-refractivity contribution is 8.00. The number of nitrogens with zero attached hydrogens (tertiary/aromatic N) is 2. The summed E-state index contributed by atoms with van der Waals surface area (Å²) in [4.78, 5) is 12.8. The van der Waals surface area contributed by atoms with Crippen molar-refractivity contribution in [3.05, 3.63) is 71.1 Å². The van der Waals surface area contributed by atoms with Gasteiger partial charge in [-0.2, -0.15) is 0 Å². The molecule has 4 rings (SSSR count). The van der Waals surface area contributed by atoms with Crippen LogP contribution >= 0.6 is 11.9 Å². The van der Waals surface area contributed by atoms with Gasteiger partial charge in [0.25, 0.3) is 10.0 Å². The third-order valence-electron chi connectivity index (χ3n) is 6.85. The summed E-state index contributed by atoms with van der Waals surface area (Å²) in [5.74, 6) is 0.752. The summed E-state index contributed by atoms with van der Waals surface area (Å²) >= 11 is 1.24. The Morgan fingerprint density at radius 1 is 0.818 bits per heavy atom. The number of hydrogen-bond acceptors (Lipinski definition) is 9. The van der Waals surface area contributed by atoms with E-state index in [2.05, 4.69) is 6.58 Å². The zero-order valence-electron chi connectivity index (χ0n) is 25.3. The average molecular weight is 641 g/mol. The predicted octanol–water partition coefficient (Wildman–Crippen LogP) is 4.45. The SMILES string of the molecule is C=C(C)CN(c1ccc(N(CC(=O)O)Sc2ccc(OC)c(OC)c2)c2c1=CCCC=2)S(=O)(=O)c1ccc(OC)c(OC)c1. The van der Waals surface area contributed by atoms with E-state index in [-0.39, 0.29) is 23.7 Å². The molecule has 0 spiro atoms. The van der Waals surface area contributed by atoms with Gasteiger partial charge in [0.05, 0.1) is 51.3 Å². The van der Waals surface area contributed by atoms with Crippen molar-refractivity contribution in [1.82, 2.24) is 0 Å². The normalized spacial score (nSPS) is 12.2. The molecule has 0 aromatic heterocycles. The van der Waals surface area contributed by atoms with Crippen molar-refractivity contribution >= 4 is 51.5 Å². The standard InChI is InChI=1S/C32H36N2O8S2/c1-21(2)19-34(44(37,38)23-12-16-29(40-4)31(18-23)42-6)27-14-13-26(24-9-7-8-10-25(24)27)33(20-32(35)36)43-22-11-15-28(39-3)30(17-22)41-5/h9-18H,1,7-8,19-20H2,2-6H3,(H,35,36). The maximum absolute atomic E-state index is 14.2. The molecule has 0 saturated heterocycles. The lowest BCUT2D eigenvalue weighted by molar-refractivity contribution is -0.135. The summed E-state index contributed by atoms with van der Waals surface area (Å²) in [5.41, 5.74) is 1.74. The van der Waals surface area contributed by atoms with E-state index in [0.29, 0.717) is 52.3 Å². The highest BCUT2D eigenvalue weighted by atomic mass is 32.2. The Bertz CT molecular complexity index is 1790. The Balaban J connectivity index is 1.86. The summed E-state index contributed by atoms with van der Waals surface area (Å²) in [7, 11) is 1.92. The van der Waals surface area contributed by atoms with E-state index in [0.717, 1.165) is 10.1 Å². The lowest BCUT2D eigenvalue weighted by Crippen LogP contribution is -2.42. The van der Waals surface area contributed by atoms with Gasteiger partial charge in [-0.05, 0) is 74.2 Å². The van der Waals surface area contributed by atoms with Crippen LogP contribution < -0.4 is 38.0 Å². The van der Waals surface area contributed by atoms with E-state index in [1.54, 1.807) is 48.7 Å². The zero-order chi connectivity index (χ0) is 32.0. The monoisotopic (exact) mass is 640 g/mol. The van der Waals surface area contributed by atoms with Crippen molar-refractivity contribution in [2.45, 2.75) is 29.6 Å². The third-order valence-corrected chi connectivity index (χ3v) is 9.61. The number of benzene rings is 3. The molecule has 0 fully saturated rings. The van der Waals surface area contributed by atoms with Crippen molar-refractivity contribution in [3.63, 3.8) is 0 Å². The van der Waals surface area contributed by atoms with Crippen LogP contribution in [0.15, 0.2) is 70.5 Å². The maximum atomic E-state index is 14.2. The number of carboxylic acid groups (broad SMARTS) is 1. The van der Waals surface area contributed by atoms with Gasteiger partial charge in [0.1, 0.15) is 6.54 Å².